The van der Waals surface area contributed by atoms with Gasteiger partial charge in [0.2, 0.25) is 5.91 Å². The summed E-state index contributed by atoms with van der Waals surface area (Å²) in [6, 6.07) is 14.9. The summed E-state index contributed by atoms with van der Waals surface area (Å²) < 4.78 is 0. The summed E-state index contributed by atoms with van der Waals surface area (Å²) in [6.45, 7) is 3.39. The number of benzene rings is 1. The van der Waals surface area contributed by atoms with Gasteiger partial charge in [0, 0.05) is 18.7 Å². The number of carbonyl (C=O) groups excluding carboxylic acids is 1. The zero-order valence-electron chi connectivity index (χ0n) is 15.4. The molecule has 1 aliphatic heterocycles. The third-order valence-electron chi connectivity index (χ3n) is 4.70. The van der Waals surface area contributed by atoms with E-state index in [1.54, 1.807) is 0 Å². The van der Waals surface area contributed by atoms with Gasteiger partial charge < -0.3 is 9.80 Å². The number of likely N-dealkylation sites (tertiary alicyclic amines) is 1. The minimum Gasteiger partial charge on any atom is -0.333 e. The van der Waals surface area contributed by atoms with E-state index in [0.29, 0.717) is 6.54 Å². The van der Waals surface area contributed by atoms with Gasteiger partial charge in [-0.3, -0.25) is 9.78 Å². The van der Waals surface area contributed by atoms with Gasteiger partial charge in [-0.1, -0.05) is 35.9 Å². The quantitative estimate of drug-likeness (QED) is 0.841. The fourth-order valence-electron chi connectivity index (χ4n) is 3.43. The predicted octanol–water partition coefficient (Wildman–Crippen LogP) is 3.21. The van der Waals surface area contributed by atoms with Crippen LogP contribution in [0.5, 0.6) is 0 Å². The lowest BCUT2D eigenvalue weighted by Crippen LogP contribution is -2.37. The third kappa shape index (κ3) is 4.45. The molecule has 2 heterocycles. The van der Waals surface area contributed by atoms with Gasteiger partial charge in [-0.15, -0.1) is 0 Å². The Bertz CT molecular complexity index is 724. The number of amides is 1. The van der Waals surface area contributed by atoms with Crippen LogP contribution in [0.1, 0.15) is 41.4 Å². The van der Waals surface area contributed by atoms with Gasteiger partial charge in [-0.2, -0.15) is 0 Å². The molecule has 1 aromatic heterocycles. The van der Waals surface area contributed by atoms with Crippen LogP contribution in [-0.2, 0) is 11.2 Å². The maximum Gasteiger partial charge on any atom is 0.237 e. The number of hydrogen-bond donors (Lipinski definition) is 0. The van der Waals surface area contributed by atoms with E-state index in [2.05, 4.69) is 49.4 Å². The second-order valence-corrected chi connectivity index (χ2v) is 7.20. The highest BCUT2D eigenvalue weighted by Gasteiger charge is 2.30. The highest BCUT2D eigenvalue weighted by molar-refractivity contribution is 5.79. The van der Waals surface area contributed by atoms with Crippen molar-refractivity contribution in [3.05, 3.63) is 65.0 Å². The molecular formula is C21H27N3O. The maximum atomic E-state index is 12.5. The summed E-state index contributed by atoms with van der Waals surface area (Å²) in [5.74, 6) is 0.193. The van der Waals surface area contributed by atoms with E-state index < -0.39 is 0 Å². The standard InChI is InChI=1S/C21H27N3O/c1-16-9-11-17(12-10-16)14-18-6-4-7-19(22-18)20-8-5-13-24(20)21(25)15-23(2)3/h4,6-7,9-12,20H,5,8,13-15H2,1-3H3. The normalized spacial score (nSPS) is 17.3. The molecule has 3 rings (SSSR count). The molecule has 1 atom stereocenters. The fourth-order valence-corrected chi connectivity index (χ4v) is 3.43. The van der Waals surface area contributed by atoms with Crippen LogP contribution < -0.4 is 0 Å². The van der Waals surface area contributed by atoms with Crippen molar-refractivity contribution in [1.29, 1.82) is 0 Å². The molecule has 0 radical (unpaired) electrons. The molecule has 4 nitrogen and oxygen atoms in total. The SMILES string of the molecule is Cc1ccc(Cc2cccc(C3CCCN3C(=O)CN(C)C)n2)cc1. The molecule has 1 unspecified atom stereocenters. The Balaban J connectivity index is 1.76. The van der Waals surface area contributed by atoms with Crippen molar-refractivity contribution in [2.24, 2.45) is 0 Å². The zero-order valence-corrected chi connectivity index (χ0v) is 15.4. The molecule has 132 valence electrons. The lowest BCUT2D eigenvalue weighted by Gasteiger charge is -2.26. The van der Waals surface area contributed by atoms with Crippen LogP contribution in [0, 0.1) is 6.92 Å². The number of aryl methyl sites for hydroxylation is 1. The van der Waals surface area contributed by atoms with E-state index in [-0.39, 0.29) is 11.9 Å². The van der Waals surface area contributed by atoms with Crippen LogP contribution >= 0.6 is 0 Å². The number of hydrogen-bond acceptors (Lipinski definition) is 3. The molecule has 4 heteroatoms. The largest absolute Gasteiger partial charge is 0.333 e. The second kappa shape index (κ2) is 7.79. The van der Waals surface area contributed by atoms with Crippen molar-refractivity contribution in [2.75, 3.05) is 27.2 Å². The first-order valence-corrected chi connectivity index (χ1v) is 8.98. The molecule has 1 aliphatic rings. The molecule has 0 saturated carbocycles. The van der Waals surface area contributed by atoms with Crippen LogP contribution in [0.4, 0.5) is 0 Å². The smallest absolute Gasteiger partial charge is 0.237 e. The first-order valence-electron chi connectivity index (χ1n) is 8.98. The molecule has 1 amide bonds. The fraction of sp³-hybridized carbons (Fsp3) is 0.429. The van der Waals surface area contributed by atoms with Gasteiger partial charge in [-0.25, -0.2) is 0 Å². The van der Waals surface area contributed by atoms with E-state index >= 15 is 0 Å². The van der Waals surface area contributed by atoms with Crippen LogP contribution in [0.15, 0.2) is 42.5 Å². The number of pyridine rings is 1. The van der Waals surface area contributed by atoms with Gasteiger partial charge in [0.15, 0.2) is 0 Å². The molecular weight excluding hydrogens is 310 g/mol. The lowest BCUT2D eigenvalue weighted by atomic mass is 10.1. The van der Waals surface area contributed by atoms with Crippen molar-refractivity contribution < 1.29 is 4.79 Å². The summed E-state index contributed by atoms with van der Waals surface area (Å²) >= 11 is 0. The van der Waals surface area contributed by atoms with E-state index in [4.69, 9.17) is 4.98 Å². The highest BCUT2D eigenvalue weighted by atomic mass is 16.2. The number of nitrogens with zero attached hydrogens (tertiary/aromatic N) is 3. The van der Waals surface area contributed by atoms with E-state index in [9.17, 15) is 4.79 Å². The third-order valence-corrected chi connectivity index (χ3v) is 4.70. The van der Waals surface area contributed by atoms with Crippen molar-refractivity contribution >= 4 is 5.91 Å². The van der Waals surface area contributed by atoms with Gasteiger partial charge in [0.05, 0.1) is 18.3 Å². The summed E-state index contributed by atoms with van der Waals surface area (Å²) in [5, 5.41) is 0. The average molecular weight is 337 g/mol. The Labute approximate surface area is 150 Å². The molecule has 0 aliphatic carbocycles. The van der Waals surface area contributed by atoms with E-state index in [1.807, 2.05) is 23.9 Å². The number of rotatable bonds is 5. The van der Waals surface area contributed by atoms with Crippen molar-refractivity contribution in [2.45, 2.75) is 32.2 Å². The molecule has 1 fully saturated rings. The molecule has 0 N–H and O–H groups in total. The molecule has 25 heavy (non-hydrogen) atoms. The Morgan fingerprint density at radius 2 is 1.96 bits per heavy atom. The number of aromatic nitrogens is 1. The molecule has 1 saturated heterocycles. The monoisotopic (exact) mass is 337 g/mol. The number of carbonyl (C=O) groups is 1. The van der Waals surface area contributed by atoms with Crippen LogP contribution in [0.25, 0.3) is 0 Å². The van der Waals surface area contributed by atoms with Crippen LogP contribution in [0.2, 0.25) is 0 Å². The van der Waals surface area contributed by atoms with E-state index in [0.717, 1.165) is 37.2 Å². The topological polar surface area (TPSA) is 36.4 Å². The van der Waals surface area contributed by atoms with Gasteiger partial charge in [0.1, 0.15) is 0 Å². The van der Waals surface area contributed by atoms with Crippen molar-refractivity contribution in [1.82, 2.24) is 14.8 Å². The molecule has 0 bridgehead atoms. The Morgan fingerprint density at radius 3 is 2.68 bits per heavy atom. The molecule has 2 aromatic rings. The van der Waals surface area contributed by atoms with Crippen LogP contribution in [0.3, 0.4) is 0 Å². The summed E-state index contributed by atoms with van der Waals surface area (Å²) in [5.41, 5.74) is 4.62. The first kappa shape index (κ1) is 17.6. The van der Waals surface area contributed by atoms with Crippen molar-refractivity contribution in [3.8, 4) is 0 Å². The summed E-state index contributed by atoms with van der Waals surface area (Å²) in [6.07, 6.45) is 2.88. The molecule has 1 aromatic carbocycles. The first-order chi connectivity index (χ1) is 12.0. The Kier molecular flexibility index (Phi) is 5.49. The maximum absolute atomic E-state index is 12.5. The molecule has 0 spiro atoms. The van der Waals surface area contributed by atoms with Gasteiger partial charge in [-0.05, 0) is 51.6 Å². The minimum atomic E-state index is 0.116. The Morgan fingerprint density at radius 1 is 1.20 bits per heavy atom. The number of likely N-dealkylation sites (N-methyl/N-ethyl adjacent to an activating group) is 1. The van der Waals surface area contributed by atoms with Gasteiger partial charge >= 0.3 is 0 Å². The summed E-state index contributed by atoms with van der Waals surface area (Å²) in [7, 11) is 3.87. The summed E-state index contributed by atoms with van der Waals surface area (Å²) in [4.78, 5) is 21.3. The minimum absolute atomic E-state index is 0.116. The van der Waals surface area contributed by atoms with Crippen molar-refractivity contribution in [3.63, 3.8) is 0 Å². The Hall–Kier alpha value is -2.20. The average Bonchev–Trinajstić information content (AvgIpc) is 3.06. The predicted molar refractivity (Wildman–Crippen MR) is 100 cm³/mol. The van der Waals surface area contributed by atoms with Gasteiger partial charge in [0.25, 0.3) is 0 Å². The van der Waals surface area contributed by atoms with E-state index in [1.165, 1.54) is 11.1 Å². The lowest BCUT2D eigenvalue weighted by molar-refractivity contribution is -0.132. The second-order valence-electron chi connectivity index (χ2n) is 7.20. The highest BCUT2D eigenvalue weighted by Crippen LogP contribution is 2.31. The van der Waals surface area contributed by atoms with Crippen LogP contribution in [-0.4, -0.2) is 47.9 Å². The zero-order chi connectivity index (χ0) is 17.8.